The lowest BCUT2D eigenvalue weighted by Crippen LogP contribution is -2.39. The van der Waals surface area contributed by atoms with E-state index in [2.05, 4.69) is 0 Å². The molecule has 1 atom stereocenters. The summed E-state index contributed by atoms with van der Waals surface area (Å²) in [7, 11) is 0. The van der Waals surface area contributed by atoms with Gasteiger partial charge >= 0.3 is 5.97 Å². The number of aliphatic carboxylic acids is 1. The highest BCUT2D eigenvalue weighted by Crippen LogP contribution is 2.37. The summed E-state index contributed by atoms with van der Waals surface area (Å²) in [6, 6.07) is 5.79. The van der Waals surface area contributed by atoms with Crippen molar-refractivity contribution < 1.29 is 19.4 Å². The number of fused-ring (bicyclic) bond motifs is 1. The van der Waals surface area contributed by atoms with Gasteiger partial charge in [0.2, 0.25) is 0 Å². The first-order valence-electron chi connectivity index (χ1n) is 7.19. The summed E-state index contributed by atoms with van der Waals surface area (Å²) < 4.78 is 11.6. The van der Waals surface area contributed by atoms with Crippen LogP contribution in [0.5, 0.6) is 11.5 Å². The third-order valence-corrected chi connectivity index (χ3v) is 3.87. The smallest absolute Gasteiger partial charge is 0.317 e. The second-order valence-electron chi connectivity index (χ2n) is 5.49. The molecule has 0 aromatic heterocycles. The van der Waals surface area contributed by atoms with Gasteiger partial charge in [-0.3, -0.25) is 9.69 Å². The van der Waals surface area contributed by atoms with Crippen molar-refractivity contribution in [1.82, 2.24) is 4.90 Å². The number of likely N-dealkylation sites (tertiary alicyclic amines) is 1. The molecule has 0 amide bonds. The molecule has 1 fully saturated rings. The monoisotopic (exact) mass is 289 g/mol. The fraction of sp³-hybridized carbons (Fsp3) is 0.438. The highest BCUT2D eigenvalue weighted by Gasteiger charge is 2.40. The number of carboxylic acid groups (broad SMARTS) is 1. The molecule has 112 valence electrons. The molecule has 1 spiro atoms. The molecule has 0 aliphatic carbocycles. The molecule has 1 aromatic rings. The van der Waals surface area contributed by atoms with Gasteiger partial charge in [-0.2, -0.15) is 0 Å². The van der Waals surface area contributed by atoms with E-state index in [9.17, 15) is 4.79 Å². The summed E-state index contributed by atoms with van der Waals surface area (Å²) in [5.41, 5.74) is 0.610. The number of carboxylic acids is 1. The van der Waals surface area contributed by atoms with Crippen molar-refractivity contribution in [3.8, 4) is 11.5 Å². The first-order chi connectivity index (χ1) is 10.1. The van der Waals surface area contributed by atoms with E-state index in [-0.39, 0.29) is 6.54 Å². The van der Waals surface area contributed by atoms with Gasteiger partial charge in [0.25, 0.3) is 0 Å². The molecule has 2 heterocycles. The van der Waals surface area contributed by atoms with Gasteiger partial charge in [-0.15, -0.1) is 0 Å². The fourth-order valence-corrected chi connectivity index (χ4v) is 2.93. The van der Waals surface area contributed by atoms with Crippen LogP contribution in [0.4, 0.5) is 0 Å². The summed E-state index contributed by atoms with van der Waals surface area (Å²) in [6.45, 7) is 4.01. The number of hydrogen-bond donors (Lipinski definition) is 1. The van der Waals surface area contributed by atoms with Crippen LogP contribution in [-0.4, -0.2) is 47.8 Å². The molecular weight excluding hydrogens is 270 g/mol. The van der Waals surface area contributed by atoms with Crippen LogP contribution in [0.3, 0.4) is 0 Å². The zero-order valence-electron chi connectivity index (χ0n) is 12.0. The normalized spacial score (nSPS) is 23.9. The average molecular weight is 289 g/mol. The van der Waals surface area contributed by atoms with Gasteiger partial charge in [-0.25, -0.2) is 0 Å². The number of hydrogen-bond acceptors (Lipinski definition) is 4. The number of carbonyl (C=O) groups is 1. The predicted molar refractivity (Wildman–Crippen MR) is 78.7 cm³/mol. The van der Waals surface area contributed by atoms with Crippen LogP contribution < -0.4 is 9.47 Å². The van der Waals surface area contributed by atoms with Crippen LogP contribution in [0.15, 0.2) is 24.3 Å². The van der Waals surface area contributed by atoms with Crippen molar-refractivity contribution in [3.05, 3.63) is 29.8 Å². The molecule has 5 nitrogen and oxygen atoms in total. The van der Waals surface area contributed by atoms with Crippen LogP contribution in [0.2, 0.25) is 0 Å². The molecule has 0 bridgehead atoms. The van der Waals surface area contributed by atoms with Crippen molar-refractivity contribution in [2.75, 3.05) is 26.2 Å². The molecule has 0 saturated carbocycles. The van der Waals surface area contributed by atoms with Gasteiger partial charge in [0, 0.05) is 25.1 Å². The predicted octanol–water partition coefficient (Wildman–Crippen LogP) is 2.02. The van der Waals surface area contributed by atoms with E-state index in [4.69, 9.17) is 14.6 Å². The van der Waals surface area contributed by atoms with Crippen LogP contribution in [0, 0.1) is 0 Å². The molecule has 1 N–H and O–H groups in total. The Labute approximate surface area is 123 Å². The Hall–Kier alpha value is -2.01. The summed E-state index contributed by atoms with van der Waals surface area (Å²) >= 11 is 0. The minimum atomic E-state index is -0.798. The summed E-state index contributed by atoms with van der Waals surface area (Å²) in [5, 5.41) is 8.89. The molecule has 21 heavy (non-hydrogen) atoms. The Morgan fingerprint density at radius 2 is 2.38 bits per heavy atom. The van der Waals surface area contributed by atoms with Crippen LogP contribution in [0.25, 0.3) is 6.08 Å². The SMILES string of the molecule is CCOc1ccc2c(c1)C=CC1(CCN(CC(=O)O)C1)O2. The average Bonchev–Trinajstić information content (AvgIpc) is 2.81. The first-order valence-corrected chi connectivity index (χ1v) is 7.19. The van der Waals surface area contributed by atoms with E-state index >= 15 is 0 Å². The molecule has 2 aliphatic heterocycles. The highest BCUT2D eigenvalue weighted by atomic mass is 16.5. The van der Waals surface area contributed by atoms with Crippen molar-refractivity contribution >= 4 is 12.0 Å². The number of ether oxygens (including phenoxy) is 2. The standard InChI is InChI=1S/C16H19NO4/c1-2-20-13-3-4-14-12(9-13)5-6-16(21-14)7-8-17(11-16)10-15(18)19/h3-6,9H,2,7-8,10-11H2,1H3,(H,18,19). The van der Waals surface area contributed by atoms with E-state index in [0.29, 0.717) is 13.2 Å². The first kappa shape index (κ1) is 13.9. The molecule has 0 radical (unpaired) electrons. The van der Waals surface area contributed by atoms with E-state index < -0.39 is 11.6 Å². The summed E-state index contributed by atoms with van der Waals surface area (Å²) in [4.78, 5) is 12.7. The van der Waals surface area contributed by atoms with Crippen LogP contribution in [-0.2, 0) is 4.79 Å². The Morgan fingerprint density at radius 1 is 1.52 bits per heavy atom. The van der Waals surface area contributed by atoms with E-state index in [1.54, 1.807) is 0 Å². The second kappa shape index (κ2) is 5.41. The minimum Gasteiger partial charge on any atom is -0.494 e. The lowest BCUT2D eigenvalue weighted by atomic mass is 9.97. The Morgan fingerprint density at radius 3 is 3.14 bits per heavy atom. The Balaban J connectivity index is 1.76. The topological polar surface area (TPSA) is 59.0 Å². The fourth-order valence-electron chi connectivity index (χ4n) is 2.93. The molecule has 5 heteroatoms. The van der Waals surface area contributed by atoms with Crippen LogP contribution >= 0.6 is 0 Å². The molecule has 1 aromatic carbocycles. The summed E-state index contributed by atoms with van der Waals surface area (Å²) in [5.74, 6) is 0.867. The molecular formula is C16H19NO4. The van der Waals surface area contributed by atoms with Crippen LogP contribution in [0.1, 0.15) is 18.9 Å². The molecule has 2 aliphatic rings. The minimum absolute atomic E-state index is 0.0646. The lowest BCUT2D eigenvalue weighted by Gasteiger charge is -2.31. The quantitative estimate of drug-likeness (QED) is 0.919. The van der Waals surface area contributed by atoms with E-state index in [0.717, 1.165) is 30.0 Å². The third kappa shape index (κ3) is 2.88. The number of benzene rings is 1. The van der Waals surface area contributed by atoms with Gasteiger partial charge in [0.1, 0.15) is 17.1 Å². The summed E-state index contributed by atoms with van der Waals surface area (Å²) in [6.07, 6.45) is 4.90. The molecule has 1 unspecified atom stereocenters. The Bertz CT molecular complexity index is 584. The molecule has 3 rings (SSSR count). The van der Waals surface area contributed by atoms with Gasteiger partial charge in [0.05, 0.1) is 13.2 Å². The maximum atomic E-state index is 10.8. The molecule has 1 saturated heterocycles. The second-order valence-corrected chi connectivity index (χ2v) is 5.49. The van der Waals surface area contributed by atoms with Crippen molar-refractivity contribution in [1.29, 1.82) is 0 Å². The lowest BCUT2D eigenvalue weighted by molar-refractivity contribution is -0.138. The van der Waals surface area contributed by atoms with Crippen molar-refractivity contribution in [3.63, 3.8) is 0 Å². The largest absolute Gasteiger partial charge is 0.494 e. The third-order valence-electron chi connectivity index (χ3n) is 3.87. The maximum Gasteiger partial charge on any atom is 0.317 e. The highest BCUT2D eigenvalue weighted by molar-refractivity contribution is 5.69. The van der Waals surface area contributed by atoms with Gasteiger partial charge < -0.3 is 14.6 Å². The maximum absolute atomic E-state index is 10.8. The van der Waals surface area contributed by atoms with Crippen molar-refractivity contribution in [2.45, 2.75) is 18.9 Å². The van der Waals surface area contributed by atoms with Gasteiger partial charge in [-0.1, -0.05) is 6.08 Å². The zero-order chi connectivity index (χ0) is 14.9. The van der Waals surface area contributed by atoms with E-state index in [1.807, 2.05) is 42.2 Å². The van der Waals surface area contributed by atoms with Gasteiger partial charge in [0.15, 0.2) is 0 Å². The Kier molecular flexibility index (Phi) is 3.59. The zero-order valence-corrected chi connectivity index (χ0v) is 12.0. The number of rotatable bonds is 4. The van der Waals surface area contributed by atoms with Gasteiger partial charge in [-0.05, 0) is 31.2 Å². The number of nitrogens with zero attached hydrogens (tertiary/aromatic N) is 1. The van der Waals surface area contributed by atoms with E-state index in [1.165, 1.54) is 0 Å². The van der Waals surface area contributed by atoms with Crippen molar-refractivity contribution in [2.24, 2.45) is 0 Å².